The summed E-state index contributed by atoms with van der Waals surface area (Å²) in [5, 5.41) is 0.981. The molecule has 5 heteroatoms. The Hall–Kier alpha value is -3.08. The molecular weight excluding hydrogens is 400 g/mol. The van der Waals surface area contributed by atoms with E-state index in [1.165, 1.54) is 5.56 Å². The molecule has 1 N–H and O–H groups in total. The van der Waals surface area contributed by atoms with Crippen LogP contribution in [-0.4, -0.2) is 40.5 Å². The number of fused-ring (bicyclic) bond motifs is 1. The quantitative estimate of drug-likeness (QED) is 0.297. The summed E-state index contributed by atoms with van der Waals surface area (Å²) >= 11 is 0. The molecule has 5 nitrogen and oxygen atoms in total. The molecule has 0 atom stereocenters. The van der Waals surface area contributed by atoms with E-state index in [1.54, 1.807) is 11.1 Å². The number of nitrogens with zero attached hydrogens (tertiary/aromatic N) is 1. The number of carbonyl (C=O) groups excluding carboxylic acids is 2. The molecule has 3 rings (SSSR count). The summed E-state index contributed by atoms with van der Waals surface area (Å²) in [6.07, 6.45) is 5.37. The zero-order valence-electron chi connectivity index (χ0n) is 19.4. The third-order valence-corrected chi connectivity index (χ3v) is 5.39. The van der Waals surface area contributed by atoms with Crippen LogP contribution in [0.4, 0.5) is 4.79 Å². The van der Waals surface area contributed by atoms with E-state index < -0.39 is 5.60 Å². The van der Waals surface area contributed by atoms with Crippen molar-refractivity contribution in [3.8, 4) is 0 Å². The number of para-hydroxylation sites is 1. The minimum Gasteiger partial charge on any atom is -0.444 e. The molecule has 0 bridgehead atoms. The number of aromatic nitrogens is 1. The molecule has 32 heavy (non-hydrogen) atoms. The summed E-state index contributed by atoms with van der Waals surface area (Å²) < 4.78 is 5.60. The maximum Gasteiger partial charge on any atom is 0.410 e. The summed E-state index contributed by atoms with van der Waals surface area (Å²) in [5.41, 5.74) is 2.43. The molecule has 170 valence electrons. The topological polar surface area (TPSA) is 62.4 Å². The molecule has 0 aliphatic carbocycles. The van der Waals surface area contributed by atoms with Gasteiger partial charge in [0.2, 0.25) is 0 Å². The third kappa shape index (κ3) is 6.98. The molecule has 0 aliphatic rings. The Morgan fingerprint density at radius 3 is 2.38 bits per heavy atom. The number of aromatic amines is 1. The van der Waals surface area contributed by atoms with Gasteiger partial charge in [0.05, 0.1) is 0 Å². The second-order valence-corrected chi connectivity index (χ2v) is 9.18. The Kier molecular flexibility index (Phi) is 8.09. The standard InChI is InChI=1S/C27H34N2O3/c1-27(2,3)32-26(31)29(19-17-21-12-6-4-7-13-21)18-11-5-8-16-25(30)23-20-28-24-15-10-9-14-22(23)24/h4,6-7,9-10,12-15,20,28H,5,8,11,16-19H2,1-3H3. The molecule has 0 fully saturated rings. The van der Waals surface area contributed by atoms with Crippen LogP contribution in [0.3, 0.4) is 0 Å². The third-order valence-electron chi connectivity index (χ3n) is 5.39. The molecule has 2 aromatic carbocycles. The summed E-state index contributed by atoms with van der Waals surface area (Å²) in [4.78, 5) is 30.3. The number of hydrogen-bond acceptors (Lipinski definition) is 3. The largest absolute Gasteiger partial charge is 0.444 e. The fraction of sp³-hybridized carbons (Fsp3) is 0.407. The predicted molar refractivity (Wildman–Crippen MR) is 129 cm³/mol. The lowest BCUT2D eigenvalue weighted by atomic mass is 10.0. The smallest absolute Gasteiger partial charge is 0.410 e. The van der Waals surface area contributed by atoms with E-state index >= 15 is 0 Å². The molecule has 3 aromatic rings. The Labute approximate surface area is 190 Å². The number of benzene rings is 2. The lowest BCUT2D eigenvalue weighted by Gasteiger charge is -2.27. The van der Waals surface area contributed by atoms with Crippen molar-refractivity contribution in [2.75, 3.05) is 13.1 Å². The average Bonchev–Trinajstić information content (AvgIpc) is 3.19. The molecule has 1 heterocycles. The van der Waals surface area contributed by atoms with E-state index in [0.29, 0.717) is 19.5 Å². The summed E-state index contributed by atoms with van der Waals surface area (Å²) in [5.74, 6) is 0.163. The van der Waals surface area contributed by atoms with Gasteiger partial charge in [-0.1, -0.05) is 55.0 Å². The first kappa shape index (κ1) is 23.6. The molecule has 0 saturated carbocycles. The number of rotatable bonds is 10. The maximum absolute atomic E-state index is 12.7. The Bertz CT molecular complexity index is 1020. The van der Waals surface area contributed by atoms with Crippen LogP contribution in [0.25, 0.3) is 10.9 Å². The van der Waals surface area contributed by atoms with Crippen molar-refractivity contribution in [3.63, 3.8) is 0 Å². The number of ether oxygens (including phenoxy) is 1. The van der Waals surface area contributed by atoms with Crippen LogP contribution in [-0.2, 0) is 11.2 Å². The monoisotopic (exact) mass is 434 g/mol. The van der Waals surface area contributed by atoms with Gasteiger partial charge < -0.3 is 14.6 Å². The van der Waals surface area contributed by atoms with Gasteiger partial charge >= 0.3 is 6.09 Å². The molecule has 0 unspecified atom stereocenters. The van der Waals surface area contributed by atoms with Gasteiger partial charge in [-0.3, -0.25) is 4.79 Å². The van der Waals surface area contributed by atoms with E-state index in [1.807, 2.05) is 63.2 Å². The molecular formula is C27H34N2O3. The highest BCUT2D eigenvalue weighted by molar-refractivity contribution is 6.07. The van der Waals surface area contributed by atoms with Crippen LogP contribution >= 0.6 is 0 Å². The lowest BCUT2D eigenvalue weighted by Crippen LogP contribution is -2.38. The van der Waals surface area contributed by atoms with Crippen molar-refractivity contribution in [1.82, 2.24) is 9.88 Å². The zero-order chi connectivity index (χ0) is 23.0. The van der Waals surface area contributed by atoms with Crippen molar-refractivity contribution in [2.45, 2.75) is 58.5 Å². The van der Waals surface area contributed by atoms with E-state index in [2.05, 4.69) is 17.1 Å². The average molecular weight is 435 g/mol. The minimum absolute atomic E-state index is 0.163. The number of carbonyl (C=O) groups is 2. The number of nitrogens with one attached hydrogen (secondary N) is 1. The van der Waals surface area contributed by atoms with Crippen LogP contribution < -0.4 is 0 Å². The first-order valence-corrected chi connectivity index (χ1v) is 11.4. The van der Waals surface area contributed by atoms with Crippen LogP contribution in [0.2, 0.25) is 0 Å². The summed E-state index contributed by atoms with van der Waals surface area (Å²) in [6.45, 7) is 6.90. The van der Waals surface area contributed by atoms with Crippen LogP contribution in [0, 0.1) is 0 Å². The van der Waals surface area contributed by atoms with Crippen molar-refractivity contribution < 1.29 is 14.3 Å². The normalized spacial score (nSPS) is 11.5. The molecule has 0 spiro atoms. The lowest BCUT2D eigenvalue weighted by molar-refractivity contribution is 0.0248. The number of unbranched alkanes of at least 4 members (excludes halogenated alkanes) is 2. The van der Waals surface area contributed by atoms with Gasteiger partial charge in [-0.25, -0.2) is 4.79 Å². The van der Waals surface area contributed by atoms with E-state index in [4.69, 9.17) is 4.74 Å². The van der Waals surface area contributed by atoms with Crippen LogP contribution in [0.5, 0.6) is 0 Å². The van der Waals surface area contributed by atoms with Crippen molar-refractivity contribution >= 4 is 22.8 Å². The van der Waals surface area contributed by atoms with Gasteiger partial charge in [0, 0.05) is 42.2 Å². The van der Waals surface area contributed by atoms with Crippen molar-refractivity contribution in [2.24, 2.45) is 0 Å². The SMILES string of the molecule is CC(C)(C)OC(=O)N(CCCCCC(=O)c1c[nH]c2ccccc12)CCc1ccccc1. The van der Waals surface area contributed by atoms with Gasteiger partial charge in [0.15, 0.2) is 5.78 Å². The van der Waals surface area contributed by atoms with Gasteiger partial charge in [-0.2, -0.15) is 0 Å². The number of amides is 1. The van der Waals surface area contributed by atoms with Gasteiger partial charge in [0.1, 0.15) is 5.60 Å². The van der Waals surface area contributed by atoms with E-state index in [-0.39, 0.29) is 11.9 Å². The van der Waals surface area contributed by atoms with Gasteiger partial charge in [-0.15, -0.1) is 0 Å². The first-order chi connectivity index (χ1) is 15.3. The van der Waals surface area contributed by atoms with Crippen molar-refractivity contribution in [3.05, 3.63) is 71.9 Å². The maximum atomic E-state index is 12.7. The van der Waals surface area contributed by atoms with Gasteiger partial charge in [0.25, 0.3) is 0 Å². The highest BCUT2D eigenvalue weighted by Crippen LogP contribution is 2.20. The molecule has 0 aliphatic heterocycles. The number of H-pyrrole nitrogens is 1. The Morgan fingerprint density at radius 2 is 1.62 bits per heavy atom. The van der Waals surface area contributed by atoms with Crippen LogP contribution in [0.1, 0.15) is 62.4 Å². The van der Waals surface area contributed by atoms with E-state index in [0.717, 1.165) is 42.1 Å². The molecule has 1 amide bonds. The summed E-state index contributed by atoms with van der Waals surface area (Å²) in [6, 6.07) is 18.0. The fourth-order valence-corrected chi connectivity index (χ4v) is 3.73. The molecule has 0 radical (unpaired) electrons. The Balaban J connectivity index is 1.48. The summed E-state index contributed by atoms with van der Waals surface area (Å²) in [7, 11) is 0. The highest BCUT2D eigenvalue weighted by atomic mass is 16.6. The van der Waals surface area contributed by atoms with E-state index in [9.17, 15) is 9.59 Å². The fourth-order valence-electron chi connectivity index (χ4n) is 3.73. The number of ketones is 1. The highest BCUT2D eigenvalue weighted by Gasteiger charge is 2.21. The minimum atomic E-state index is -0.520. The second kappa shape index (κ2) is 11.0. The zero-order valence-corrected chi connectivity index (χ0v) is 19.4. The number of Topliss-reactive ketones (excluding diaryl/α,β-unsaturated/α-hetero) is 1. The first-order valence-electron chi connectivity index (χ1n) is 11.4. The van der Waals surface area contributed by atoms with Crippen LogP contribution in [0.15, 0.2) is 60.8 Å². The number of hydrogen-bond donors (Lipinski definition) is 1. The second-order valence-electron chi connectivity index (χ2n) is 9.18. The van der Waals surface area contributed by atoms with Gasteiger partial charge in [-0.05, 0) is 51.7 Å². The molecule has 0 saturated heterocycles. The Morgan fingerprint density at radius 1 is 0.906 bits per heavy atom. The van der Waals surface area contributed by atoms with Crippen molar-refractivity contribution in [1.29, 1.82) is 0 Å². The predicted octanol–water partition coefficient (Wildman–Crippen LogP) is 6.39. The molecule has 1 aromatic heterocycles.